The summed E-state index contributed by atoms with van der Waals surface area (Å²) >= 11 is 0. The van der Waals surface area contributed by atoms with Crippen LogP contribution in [0.15, 0.2) is 24.4 Å². The smallest absolute Gasteiger partial charge is 0.251 e. The number of hydrogen-bond donors (Lipinski definition) is 2. The first-order valence-corrected chi connectivity index (χ1v) is 5.18. The Hall–Kier alpha value is -2.10. The van der Waals surface area contributed by atoms with E-state index in [2.05, 4.69) is 15.6 Å². The van der Waals surface area contributed by atoms with Gasteiger partial charge in [-0.15, -0.1) is 0 Å². The van der Waals surface area contributed by atoms with E-state index in [-0.39, 0.29) is 5.91 Å². The highest BCUT2D eigenvalue weighted by Crippen LogP contribution is 2.30. The summed E-state index contributed by atoms with van der Waals surface area (Å²) < 4.78 is 0. The molecular formula is C12H11N3O. The first kappa shape index (κ1) is 9.15. The van der Waals surface area contributed by atoms with Crippen molar-refractivity contribution in [1.29, 1.82) is 0 Å². The number of carbonyl (C=O) groups is 1. The van der Waals surface area contributed by atoms with Crippen LogP contribution in [0.4, 0.5) is 5.69 Å². The van der Waals surface area contributed by atoms with E-state index in [1.165, 1.54) is 0 Å². The lowest BCUT2D eigenvalue weighted by molar-refractivity contribution is 0.0966. The highest BCUT2D eigenvalue weighted by Gasteiger charge is 2.22. The maximum Gasteiger partial charge on any atom is 0.251 e. The molecule has 16 heavy (non-hydrogen) atoms. The molecule has 0 unspecified atom stereocenters. The number of benzene rings is 1. The lowest BCUT2D eigenvalue weighted by Gasteiger charge is -2.08. The van der Waals surface area contributed by atoms with E-state index in [0.717, 1.165) is 27.7 Å². The fourth-order valence-corrected chi connectivity index (χ4v) is 2.19. The Morgan fingerprint density at radius 2 is 2.25 bits per heavy atom. The van der Waals surface area contributed by atoms with Gasteiger partial charge in [0.25, 0.3) is 5.91 Å². The predicted molar refractivity (Wildman–Crippen MR) is 62.5 cm³/mol. The molecule has 0 saturated heterocycles. The second kappa shape index (κ2) is 3.20. The SMILES string of the molecule is CNc1ccnc2ccc3c(c12)CNC3=O. The maximum absolute atomic E-state index is 11.6. The molecule has 0 atom stereocenters. The second-order valence-corrected chi connectivity index (χ2v) is 3.78. The molecule has 2 aromatic rings. The van der Waals surface area contributed by atoms with Crippen LogP contribution in [0.3, 0.4) is 0 Å². The van der Waals surface area contributed by atoms with Crippen LogP contribution >= 0.6 is 0 Å². The Bertz CT molecular complexity index is 592. The van der Waals surface area contributed by atoms with Crippen molar-refractivity contribution in [3.05, 3.63) is 35.5 Å². The van der Waals surface area contributed by atoms with Crippen molar-refractivity contribution >= 4 is 22.5 Å². The lowest BCUT2D eigenvalue weighted by Crippen LogP contribution is -2.12. The molecule has 80 valence electrons. The van der Waals surface area contributed by atoms with Crippen molar-refractivity contribution in [1.82, 2.24) is 10.3 Å². The van der Waals surface area contributed by atoms with Gasteiger partial charge < -0.3 is 10.6 Å². The largest absolute Gasteiger partial charge is 0.388 e. The van der Waals surface area contributed by atoms with Crippen LogP contribution in [0.5, 0.6) is 0 Å². The number of carbonyl (C=O) groups excluding carboxylic acids is 1. The lowest BCUT2D eigenvalue weighted by atomic mass is 10.0. The van der Waals surface area contributed by atoms with Crippen LogP contribution in [0.25, 0.3) is 10.9 Å². The van der Waals surface area contributed by atoms with Crippen LogP contribution in [0, 0.1) is 0 Å². The van der Waals surface area contributed by atoms with Crippen LogP contribution in [0.2, 0.25) is 0 Å². The summed E-state index contributed by atoms with van der Waals surface area (Å²) in [4.78, 5) is 15.9. The Kier molecular flexibility index (Phi) is 1.83. The quantitative estimate of drug-likeness (QED) is 0.755. The molecule has 4 nitrogen and oxygen atoms in total. The topological polar surface area (TPSA) is 54.0 Å². The van der Waals surface area contributed by atoms with Gasteiger partial charge in [0.15, 0.2) is 0 Å². The van der Waals surface area contributed by atoms with Crippen molar-refractivity contribution in [2.45, 2.75) is 6.54 Å². The van der Waals surface area contributed by atoms with Crippen molar-refractivity contribution in [3.63, 3.8) is 0 Å². The van der Waals surface area contributed by atoms with E-state index in [4.69, 9.17) is 0 Å². The minimum atomic E-state index is 0.00260. The van der Waals surface area contributed by atoms with Crippen molar-refractivity contribution in [2.24, 2.45) is 0 Å². The van der Waals surface area contributed by atoms with Gasteiger partial charge in [-0.05, 0) is 23.8 Å². The molecular weight excluding hydrogens is 202 g/mol. The van der Waals surface area contributed by atoms with E-state index < -0.39 is 0 Å². The predicted octanol–water partition coefficient (Wildman–Crippen LogP) is 1.52. The minimum absolute atomic E-state index is 0.00260. The molecule has 0 fully saturated rings. The summed E-state index contributed by atoms with van der Waals surface area (Å²) in [6, 6.07) is 5.65. The molecule has 0 aliphatic carbocycles. The molecule has 1 aliphatic heterocycles. The summed E-state index contributed by atoms with van der Waals surface area (Å²) in [5.74, 6) is 0.00260. The fourth-order valence-electron chi connectivity index (χ4n) is 2.19. The number of rotatable bonds is 1. The third-order valence-electron chi connectivity index (χ3n) is 2.95. The number of hydrogen-bond acceptors (Lipinski definition) is 3. The van der Waals surface area contributed by atoms with Crippen molar-refractivity contribution in [3.8, 4) is 0 Å². The number of anilines is 1. The van der Waals surface area contributed by atoms with Gasteiger partial charge >= 0.3 is 0 Å². The second-order valence-electron chi connectivity index (χ2n) is 3.78. The van der Waals surface area contributed by atoms with Gasteiger partial charge in [0.2, 0.25) is 0 Å². The first-order chi connectivity index (χ1) is 7.81. The average molecular weight is 213 g/mol. The third kappa shape index (κ3) is 1.10. The fraction of sp³-hybridized carbons (Fsp3) is 0.167. The Balaban J connectivity index is 2.43. The van der Waals surface area contributed by atoms with Gasteiger partial charge in [-0.3, -0.25) is 9.78 Å². The van der Waals surface area contributed by atoms with Gasteiger partial charge in [0.1, 0.15) is 0 Å². The average Bonchev–Trinajstić information content (AvgIpc) is 2.70. The molecule has 1 aliphatic rings. The molecule has 1 aromatic heterocycles. The van der Waals surface area contributed by atoms with E-state index in [9.17, 15) is 4.79 Å². The van der Waals surface area contributed by atoms with Crippen LogP contribution < -0.4 is 10.6 Å². The molecule has 0 saturated carbocycles. The highest BCUT2D eigenvalue weighted by atomic mass is 16.1. The zero-order valence-corrected chi connectivity index (χ0v) is 8.87. The van der Waals surface area contributed by atoms with Crippen molar-refractivity contribution in [2.75, 3.05) is 12.4 Å². The number of amides is 1. The number of fused-ring (bicyclic) bond motifs is 3. The first-order valence-electron chi connectivity index (χ1n) is 5.18. The Morgan fingerprint density at radius 1 is 1.38 bits per heavy atom. The van der Waals surface area contributed by atoms with Crippen molar-refractivity contribution < 1.29 is 4.79 Å². The zero-order valence-electron chi connectivity index (χ0n) is 8.87. The normalized spacial score (nSPS) is 13.7. The number of aromatic nitrogens is 1. The molecule has 1 amide bonds. The molecule has 1 aromatic carbocycles. The van der Waals surface area contributed by atoms with Gasteiger partial charge in [0, 0.05) is 36.4 Å². The summed E-state index contributed by atoms with van der Waals surface area (Å²) in [5.41, 5.74) is 3.73. The molecule has 0 spiro atoms. The van der Waals surface area contributed by atoms with E-state index in [0.29, 0.717) is 6.54 Å². The number of nitrogens with zero attached hydrogens (tertiary/aromatic N) is 1. The summed E-state index contributed by atoms with van der Waals surface area (Å²) in [5, 5.41) is 7.01. The summed E-state index contributed by atoms with van der Waals surface area (Å²) in [7, 11) is 1.87. The van der Waals surface area contributed by atoms with E-state index in [1.807, 2.05) is 25.2 Å². The standard InChI is InChI=1S/C12H11N3O/c1-13-9-4-5-14-10-3-2-7-8(11(9)10)6-15-12(7)16/h2-5H,6H2,1H3,(H,13,14)(H,15,16). The highest BCUT2D eigenvalue weighted by molar-refractivity contribution is 6.06. The number of pyridine rings is 1. The Morgan fingerprint density at radius 3 is 3.06 bits per heavy atom. The molecule has 2 N–H and O–H groups in total. The van der Waals surface area contributed by atoms with Gasteiger partial charge in [-0.2, -0.15) is 0 Å². The summed E-state index contributed by atoms with van der Waals surface area (Å²) in [6.07, 6.45) is 1.77. The van der Waals surface area contributed by atoms with Crippen LogP contribution in [0.1, 0.15) is 15.9 Å². The third-order valence-corrected chi connectivity index (χ3v) is 2.95. The monoisotopic (exact) mass is 213 g/mol. The molecule has 4 heteroatoms. The molecule has 0 bridgehead atoms. The number of nitrogens with one attached hydrogen (secondary N) is 2. The molecule has 0 radical (unpaired) electrons. The van der Waals surface area contributed by atoms with E-state index in [1.54, 1.807) is 6.20 Å². The molecule has 3 rings (SSSR count). The van der Waals surface area contributed by atoms with E-state index >= 15 is 0 Å². The minimum Gasteiger partial charge on any atom is -0.388 e. The van der Waals surface area contributed by atoms with Gasteiger partial charge in [-0.25, -0.2) is 0 Å². The maximum atomic E-state index is 11.6. The summed E-state index contributed by atoms with van der Waals surface area (Å²) in [6.45, 7) is 0.589. The molecule has 2 heterocycles. The van der Waals surface area contributed by atoms with Gasteiger partial charge in [0.05, 0.1) is 5.52 Å². The van der Waals surface area contributed by atoms with Crippen LogP contribution in [-0.2, 0) is 6.54 Å². The zero-order chi connectivity index (χ0) is 11.1. The Labute approximate surface area is 92.7 Å². The van der Waals surface area contributed by atoms with Gasteiger partial charge in [-0.1, -0.05) is 0 Å². The van der Waals surface area contributed by atoms with Crippen LogP contribution in [-0.4, -0.2) is 17.9 Å².